The van der Waals surface area contributed by atoms with Gasteiger partial charge in [-0.15, -0.1) is 0 Å². The fourth-order valence-electron chi connectivity index (χ4n) is 2.49. The summed E-state index contributed by atoms with van der Waals surface area (Å²) in [4.78, 5) is 4.59. The molecular weight excluding hydrogens is 190 g/mol. The minimum Gasteiger partial charge on any atom is -0.395 e. The number of likely N-dealkylation sites (N-methyl/N-ethyl adjacent to an activating group) is 1. The summed E-state index contributed by atoms with van der Waals surface area (Å²) in [7, 11) is 4.19. The van der Waals surface area contributed by atoms with Crippen LogP contribution in [0.4, 0.5) is 0 Å². The molecule has 90 valence electrons. The van der Waals surface area contributed by atoms with Crippen molar-refractivity contribution in [3.63, 3.8) is 0 Å². The van der Waals surface area contributed by atoms with Gasteiger partial charge in [0.25, 0.3) is 0 Å². The number of nitrogens with two attached hydrogens (primary N) is 1. The Hall–Kier alpha value is -0.160. The number of aliphatic hydroxyl groups is 1. The number of aliphatic hydroxyl groups excluding tert-OH is 1. The Balaban J connectivity index is 2.57. The lowest BCUT2D eigenvalue weighted by atomic mass is 10.1. The molecule has 0 bridgehead atoms. The summed E-state index contributed by atoms with van der Waals surface area (Å²) in [5.41, 5.74) is 5.90. The number of hydrogen-bond acceptors (Lipinski definition) is 4. The molecule has 3 unspecified atom stereocenters. The summed E-state index contributed by atoms with van der Waals surface area (Å²) >= 11 is 0. The van der Waals surface area contributed by atoms with Crippen LogP contribution in [-0.2, 0) is 0 Å². The lowest BCUT2D eigenvalue weighted by Crippen LogP contribution is -2.52. The van der Waals surface area contributed by atoms with Gasteiger partial charge in [0.15, 0.2) is 0 Å². The highest BCUT2D eigenvalue weighted by Gasteiger charge is 2.32. The van der Waals surface area contributed by atoms with Crippen molar-refractivity contribution in [1.82, 2.24) is 9.80 Å². The van der Waals surface area contributed by atoms with E-state index in [1.165, 1.54) is 12.8 Å². The molecule has 0 aromatic heterocycles. The first-order chi connectivity index (χ1) is 7.06. The molecule has 3 atom stereocenters. The Morgan fingerprint density at radius 3 is 2.67 bits per heavy atom. The van der Waals surface area contributed by atoms with Crippen molar-refractivity contribution in [3.05, 3.63) is 0 Å². The Morgan fingerprint density at radius 2 is 2.20 bits per heavy atom. The van der Waals surface area contributed by atoms with Gasteiger partial charge in [-0.25, -0.2) is 0 Å². The lowest BCUT2D eigenvalue weighted by molar-refractivity contribution is 0.0863. The van der Waals surface area contributed by atoms with Crippen LogP contribution in [0, 0.1) is 0 Å². The van der Waals surface area contributed by atoms with Gasteiger partial charge in [0, 0.05) is 24.7 Å². The third-order valence-electron chi connectivity index (χ3n) is 3.22. The van der Waals surface area contributed by atoms with E-state index in [1.54, 1.807) is 0 Å². The van der Waals surface area contributed by atoms with Crippen LogP contribution in [0.15, 0.2) is 0 Å². The quantitative estimate of drug-likeness (QED) is 0.662. The number of nitrogens with zero attached hydrogens (tertiary/aromatic N) is 2. The van der Waals surface area contributed by atoms with E-state index in [0.29, 0.717) is 6.04 Å². The van der Waals surface area contributed by atoms with Crippen LogP contribution in [0.1, 0.15) is 19.8 Å². The highest BCUT2D eigenvalue weighted by atomic mass is 16.3. The molecule has 0 amide bonds. The van der Waals surface area contributed by atoms with Gasteiger partial charge in [0.05, 0.1) is 6.61 Å². The van der Waals surface area contributed by atoms with Crippen molar-refractivity contribution in [2.24, 2.45) is 5.73 Å². The molecule has 1 heterocycles. The lowest BCUT2D eigenvalue weighted by Gasteiger charge is -2.35. The topological polar surface area (TPSA) is 52.7 Å². The second-order valence-corrected chi connectivity index (χ2v) is 4.91. The Bertz CT molecular complexity index is 185. The highest BCUT2D eigenvalue weighted by molar-refractivity contribution is 4.89. The summed E-state index contributed by atoms with van der Waals surface area (Å²) in [5, 5.41) is 9.37. The fraction of sp³-hybridized carbons (Fsp3) is 1.00. The number of rotatable bonds is 5. The largest absolute Gasteiger partial charge is 0.395 e. The molecule has 1 saturated heterocycles. The number of hydrogen-bond donors (Lipinski definition) is 2. The SMILES string of the molecule is CC(N)C(CO)N1CCCC1CN(C)C. The molecule has 0 aromatic rings. The molecule has 4 nitrogen and oxygen atoms in total. The molecule has 0 aromatic carbocycles. The van der Waals surface area contributed by atoms with Gasteiger partial charge >= 0.3 is 0 Å². The van der Waals surface area contributed by atoms with Gasteiger partial charge in [-0.3, -0.25) is 4.90 Å². The zero-order valence-electron chi connectivity index (χ0n) is 10.2. The predicted octanol–water partition coefficient (Wildman–Crippen LogP) is -0.279. The molecule has 0 spiro atoms. The maximum atomic E-state index is 9.37. The van der Waals surface area contributed by atoms with E-state index in [1.807, 2.05) is 6.92 Å². The molecule has 3 N–H and O–H groups in total. The minimum atomic E-state index is 0.0396. The highest BCUT2D eigenvalue weighted by Crippen LogP contribution is 2.21. The van der Waals surface area contributed by atoms with Gasteiger partial charge in [-0.05, 0) is 40.4 Å². The smallest absolute Gasteiger partial charge is 0.0601 e. The molecule has 1 fully saturated rings. The summed E-state index contributed by atoms with van der Waals surface area (Å²) in [5.74, 6) is 0. The van der Waals surface area contributed by atoms with Crippen LogP contribution in [0.3, 0.4) is 0 Å². The Labute approximate surface area is 93.0 Å². The zero-order chi connectivity index (χ0) is 11.4. The van der Waals surface area contributed by atoms with Crippen molar-refractivity contribution in [1.29, 1.82) is 0 Å². The van der Waals surface area contributed by atoms with E-state index < -0.39 is 0 Å². The Kier molecular flexibility index (Phi) is 4.99. The third-order valence-corrected chi connectivity index (χ3v) is 3.22. The van der Waals surface area contributed by atoms with Crippen LogP contribution in [-0.4, -0.2) is 66.8 Å². The Morgan fingerprint density at radius 1 is 1.53 bits per heavy atom. The normalized spacial score (nSPS) is 27.2. The van der Waals surface area contributed by atoms with Crippen LogP contribution < -0.4 is 5.73 Å². The van der Waals surface area contributed by atoms with Gasteiger partial charge in [0.1, 0.15) is 0 Å². The molecule has 0 saturated carbocycles. The molecule has 15 heavy (non-hydrogen) atoms. The molecule has 4 heteroatoms. The second kappa shape index (κ2) is 5.80. The van der Waals surface area contributed by atoms with Gasteiger partial charge in [0.2, 0.25) is 0 Å². The molecule has 0 aliphatic carbocycles. The van der Waals surface area contributed by atoms with Crippen molar-refractivity contribution in [3.8, 4) is 0 Å². The van der Waals surface area contributed by atoms with Crippen LogP contribution in [0.2, 0.25) is 0 Å². The summed E-state index contributed by atoms with van der Waals surface area (Å²) in [6.45, 7) is 4.28. The first-order valence-corrected chi connectivity index (χ1v) is 5.83. The average Bonchev–Trinajstić information content (AvgIpc) is 2.53. The van der Waals surface area contributed by atoms with Crippen molar-refractivity contribution in [2.75, 3.05) is 33.8 Å². The summed E-state index contributed by atoms with van der Waals surface area (Å²) in [6, 6.07) is 0.721. The summed E-state index contributed by atoms with van der Waals surface area (Å²) in [6.07, 6.45) is 2.45. The minimum absolute atomic E-state index is 0.0396. The maximum Gasteiger partial charge on any atom is 0.0601 e. The van der Waals surface area contributed by atoms with Gasteiger partial charge in [-0.2, -0.15) is 0 Å². The fourth-order valence-corrected chi connectivity index (χ4v) is 2.49. The molecular formula is C11H25N3O. The van der Waals surface area contributed by atoms with E-state index in [2.05, 4.69) is 23.9 Å². The van der Waals surface area contributed by atoms with E-state index >= 15 is 0 Å². The van der Waals surface area contributed by atoms with Crippen molar-refractivity contribution in [2.45, 2.75) is 37.9 Å². The average molecular weight is 215 g/mol. The van der Waals surface area contributed by atoms with E-state index in [-0.39, 0.29) is 18.7 Å². The number of likely N-dealkylation sites (tertiary alicyclic amines) is 1. The van der Waals surface area contributed by atoms with E-state index in [9.17, 15) is 5.11 Å². The van der Waals surface area contributed by atoms with Crippen LogP contribution >= 0.6 is 0 Å². The van der Waals surface area contributed by atoms with Crippen LogP contribution in [0.5, 0.6) is 0 Å². The third kappa shape index (κ3) is 3.41. The second-order valence-electron chi connectivity index (χ2n) is 4.91. The predicted molar refractivity (Wildman–Crippen MR) is 62.8 cm³/mol. The van der Waals surface area contributed by atoms with Crippen molar-refractivity contribution >= 4 is 0 Å². The summed E-state index contributed by atoms with van der Waals surface area (Å²) < 4.78 is 0. The zero-order valence-corrected chi connectivity index (χ0v) is 10.2. The van der Waals surface area contributed by atoms with Gasteiger partial charge < -0.3 is 15.7 Å². The monoisotopic (exact) mass is 215 g/mol. The molecule has 1 aliphatic heterocycles. The molecule has 1 aliphatic rings. The first-order valence-electron chi connectivity index (χ1n) is 5.83. The molecule has 0 radical (unpaired) electrons. The first kappa shape index (κ1) is 12.9. The standard InChI is InChI=1S/C11H25N3O/c1-9(12)11(8-15)14-6-4-5-10(14)7-13(2)3/h9-11,15H,4-8,12H2,1-3H3. The molecule has 1 rings (SSSR count). The van der Waals surface area contributed by atoms with Gasteiger partial charge in [-0.1, -0.05) is 0 Å². The van der Waals surface area contributed by atoms with E-state index in [0.717, 1.165) is 13.1 Å². The van der Waals surface area contributed by atoms with E-state index in [4.69, 9.17) is 5.73 Å². The van der Waals surface area contributed by atoms with Crippen LogP contribution in [0.25, 0.3) is 0 Å². The van der Waals surface area contributed by atoms with Crippen molar-refractivity contribution < 1.29 is 5.11 Å². The maximum absolute atomic E-state index is 9.37.